The Morgan fingerprint density at radius 1 is 1.21 bits per heavy atom. The van der Waals surface area contributed by atoms with Gasteiger partial charge in [-0.15, -0.1) is 0 Å². The lowest BCUT2D eigenvalue weighted by molar-refractivity contribution is -0.121. The molecule has 0 N–H and O–H groups in total. The molecule has 0 atom stereocenters. The Kier molecular flexibility index (Phi) is 7.51. The van der Waals surface area contributed by atoms with Crippen LogP contribution >= 0.6 is 63.1 Å². The number of nitrogens with zero attached hydrogens (tertiary/aromatic N) is 1. The predicted octanol–water partition coefficient (Wildman–Crippen LogP) is 6.56. The van der Waals surface area contributed by atoms with Crippen LogP contribution in [0.3, 0.4) is 0 Å². The van der Waals surface area contributed by atoms with Crippen LogP contribution in [0.1, 0.15) is 18.1 Å². The Bertz CT molecular complexity index is 1010. The highest BCUT2D eigenvalue weighted by Gasteiger charge is 2.28. The summed E-state index contributed by atoms with van der Waals surface area (Å²) in [6.07, 6.45) is 1.79. The van der Waals surface area contributed by atoms with Gasteiger partial charge in [0, 0.05) is 7.05 Å². The molecule has 152 valence electrons. The molecule has 0 aromatic heterocycles. The van der Waals surface area contributed by atoms with E-state index in [1.54, 1.807) is 25.3 Å². The molecular weight excluding hydrogens is 517 g/mol. The van der Waals surface area contributed by atoms with Gasteiger partial charge >= 0.3 is 0 Å². The van der Waals surface area contributed by atoms with E-state index in [1.165, 1.54) is 16.7 Å². The Morgan fingerprint density at radius 2 is 1.97 bits per heavy atom. The van der Waals surface area contributed by atoms with Crippen molar-refractivity contribution in [1.82, 2.24) is 4.90 Å². The average molecular weight is 533 g/mol. The number of amides is 1. The zero-order chi connectivity index (χ0) is 21.1. The zero-order valence-electron chi connectivity index (χ0n) is 15.5. The van der Waals surface area contributed by atoms with E-state index in [9.17, 15) is 4.79 Å². The molecule has 1 saturated heterocycles. The first kappa shape index (κ1) is 22.4. The number of hydrogen-bond acceptors (Lipinski definition) is 5. The Morgan fingerprint density at radius 3 is 2.59 bits per heavy atom. The molecular formula is C20H16BrCl2NO3S2. The fourth-order valence-electron chi connectivity index (χ4n) is 2.56. The van der Waals surface area contributed by atoms with Gasteiger partial charge in [-0.1, -0.05) is 53.2 Å². The van der Waals surface area contributed by atoms with Crippen LogP contribution in [0, 0.1) is 0 Å². The topological polar surface area (TPSA) is 38.8 Å². The Labute approximate surface area is 197 Å². The summed E-state index contributed by atoms with van der Waals surface area (Å²) < 4.78 is 13.0. The van der Waals surface area contributed by atoms with Crippen molar-refractivity contribution < 1.29 is 14.3 Å². The maximum atomic E-state index is 12.3. The van der Waals surface area contributed by atoms with Crippen LogP contribution in [-0.2, 0) is 11.4 Å². The maximum absolute atomic E-state index is 12.3. The highest BCUT2D eigenvalue weighted by Crippen LogP contribution is 2.39. The summed E-state index contributed by atoms with van der Waals surface area (Å²) in [4.78, 5) is 14.3. The molecule has 1 aliphatic rings. The van der Waals surface area contributed by atoms with E-state index in [0.717, 1.165) is 11.1 Å². The van der Waals surface area contributed by atoms with E-state index >= 15 is 0 Å². The fourth-order valence-corrected chi connectivity index (χ4v) is 4.63. The molecule has 0 radical (unpaired) electrons. The molecule has 0 aliphatic carbocycles. The molecule has 1 heterocycles. The number of ether oxygens (including phenoxy) is 2. The van der Waals surface area contributed by atoms with Crippen molar-refractivity contribution in [2.45, 2.75) is 13.5 Å². The van der Waals surface area contributed by atoms with Crippen LogP contribution < -0.4 is 9.47 Å². The van der Waals surface area contributed by atoms with Crippen molar-refractivity contribution in [1.29, 1.82) is 0 Å². The number of carbonyl (C=O) groups is 1. The zero-order valence-corrected chi connectivity index (χ0v) is 20.2. The Hall–Kier alpha value is -1.25. The van der Waals surface area contributed by atoms with Gasteiger partial charge in [0.1, 0.15) is 10.9 Å². The van der Waals surface area contributed by atoms with Crippen molar-refractivity contribution in [3.63, 3.8) is 0 Å². The van der Waals surface area contributed by atoms with Crippen LogP contribution in [0.5, 0.6) is 11.5 Å². The van der Waals surface area contributed by atoms with Crippen molar-refractivity contribution in [2.24, 2.45) is 0 Å². The van der Waals surface area contributed by atoms with Crippen LogP contribution in [0.25, 0.3) is 6.08 Å². The third-order valence-corrected chi connectivity index (χ3v) is 6.80. The van der Waals surface area contributed by atoms with Crippen LogP contribution in [0.2, 0.25) is 10.0 Å². The second-order valence-corrected chi connectivity index (χ2v) is 9.39. The van der Waals surface area contributed by atoms with Gasteiger partial charge in [-0.3, -0.25) is 9.69 Å². The molecule has 1 amide bonds. The summed E-state index contributed by atoms with van der Waals surface area (Å²) in [7, 11) is 1.67. The van der Waals surface area contributed by atoms with Crippen LogP contribution in [0.4, 0.5) is 0 Å². The lowest BCUT2D eigenvalue weighted by Gasteiger charge is -2.15. The first-order chi connectivity index (χ1) is 13.8. The minimum Gasteiger partial charge on any atom is -0.490 e. The minimum absolute atomic E-state index is 0.117. The van der Waals surface area contributed by atoms with Gasteiger partial charge in [0.2, 0.25) is 0 Å². The normalized spacial score (nSPS) is 15.3. The van der Waals surface area contributed by atoms with E-state index in [1.807, 2.05) is 25.1 Å². The number of halogens is 3. The number of thiocarbonyl (C=S) groups is 1. The van der Waals surface area contributed by atoms with Gasteiger partial charge in [-0.05, 0) is 64.3 Å². The minimum atomic E-state index is -0.117. The second kappa shape index (κ2) is 9.71. The molecule has 0 saturated carbocycles. The van der Waals surface area contributed by atoms with E-state index in [4.69, 9.17) is 44.9 Å². The quantitative estimate of drug-likeness (QED) is 0.311. The van der Waals surface area contributed by atoms with Crippen molar-refractivity contribution >= 4 is 79.4 Å². The Balaban J connectivity index is 1.87. The molecule has 3 rings (SSSR count). The lowest BCUT2D eigenvalue weighted by atomic mass is 10.1. The van der Waals surface area contributed by atoms with E-state index < -0.39 is 0 Å². The molecule has 0 unspecified atom stereocenters. The molecule has 4 nitrogen and oxygen atoms in total. The van der Waals surface area contributed by atoms with Gasteiger partial charge in [-0.25, -0.2) is 0 Å². The number of carbonyl (C=O) groups excluding carboxylic acids is 1. The number of hydrogen-bond donors (Lipinski definition) is 0. The fraction of sp³-hybridized carbons (Fsp3) is 0.200. The van der Waals surface area contributed by atoms with Crippen molar-refractivity contribution in [2.75, 3.05) is 13.7 Å². The van der Waals surface area contributed by atoms with Crippen molar-refractivity contribution in [3.05, 3.63) is 60.9 Å². The van der Waals surface area contributed by atoms with E-state index in [-0.39, 0.29) is 5.91 Å². The van der Waals surface area contributed by atoms with Crippen LogP contribution in [-0.4, -0.2) is 28.8 Å². The smallest absolute Gasteiger partial charge is 0.265 e. The molecule has 0 bridgehead atoms. The van der Waals surface area contributed by atoms with Gasteiger partial charge < -0.3 is 9.47 Å². The molecule has 9 heteroatoms. The maximum Gasteiger partial charge on any atom is 0.265 e. The first-order valence-electron chi connectivity index (χ1n) is 8.54. The predicted molar refractivity (Wildman–Crippen MR) is 127 cm³/mol. The van der Waals surface area contributed by atoms with Crippen LogP contribution in [0.15, 0.2) is 39.7 Å². The molecule has 1 fully saturated rings. The second-order valence-electron chi connectivity index (χ2n) is 6.04. The molecule has 29 heavy (non-hydrogen) atoms. The standard InChI is InChI=1S/C20H16BrCl2NO3S2/c1-3-26-16-8-12(9-17-19(25)24(2)20(28)29-17)6-13(21)18(16)27-10-11-4-5-14(22)15(23)7-11/h4-9H,3,10H2,1-2H3/b17-9-. The molecule has 0 spiro atoms. The molecule has 2 aromatic rings. The summed E-state index contributed by atoms with van der Waals surface area (Å²) >= 11 is 22.0. The summed E-state index contributed by atoms with van der Waals surface area (Å²) in [5.41, 5.74) is 1.68. The largest absolute Gasteiger partial charge is 0.490 e. The van der Waals surface area contributed by atoms with E-state index in [0.29, 0.717) is 48.5 Å². The van der Waals surface area contributed by atoms with Gasteiger partial charge in [0.25, 0.3) is 5.91 Å². The van der Waals surface area contributed by atoms with Crippen molar-refractivity contribution in [3.8, 4) is 11.5 Å². The number of likely N-dealkylation sites (N-methyl/N-ethyl adjacent to an activating group) is 1. The van der Waals surface area contributed by atoms with Gasteiger partial charge in [0.15, 0.2) is 11.5 Å². The lowest BCUT2D eigenvalue weighted by Crippen LogP contribution is -2.22. The summed E-state index contributed by atoms with van der Waals surface area (Å²) in [5.74, 6) is 1.02. The average Bonchev–Trinajstić information content (AvgIpc) is 2.91. The third kappa shape index (κ3) is 5.27. The third-order valence-electron chi connectivity index (χ3n) is 3.98. The molecule has 2 aromatic carbocycles. The van der Waals surface area contributed by atoms with Gasteiger partial charge in [0.05, 0.1) is 26.0 Å². The van der Waals surface area contributed by atoms with Gasteiger partial charge in [-0.2, -0.15) is 0 Å². The highest BCUT2D eigenvalue weighted by molar-refractivity contribution is 9.10. The first-order valence-corrected chi connectivity index (χ1v) is 11.3. The van der Waals surface area contributed by atoms with E-state index in [2.05, 4.69) is 15.9 Å². The molecule has 1 aliphatic heterocycles. The number of benzene rings is 2. The summed E-state index contributed by atoms with van der Waals surface area (Å²) in [5, 5.41) is 0.967. The number of thioether (sulfide) groups is 1. The summed E-state index contributed by atoms with van der Waals surface area (Å²) in [6, 6.07) is 9.05. The summed E-state index contributed by atoms with van der Waals surface area (Å²) in [6.45, 7) is 2.66. The monoisotopic (exact) mass is 531 g/mol. The highest BCUT2D eigenvalue weighted by atomic mass is 79.9. The number of rotatable bonds is 6. The SMILES string of the molecule is CCOc1cc(/C=C2\SC(=S)N(C)C2=O)cc(Br)c1OCc1ccc(Cl)c(Cl)c1.